The van der Waals surface area contributed by atoms with Gasteiger partial charge in [0.05, 0.1) is 22.9 Å². The number of anilines is 1. The van der Waals surface area contributed by atoms with Crippen LogP contribution < -0.4 is 10.6 Å². The number of nitrogens with zero attached hydrogens (tertiary/aromatic N) is 3. The topological polar surface area (TPSA) is 106 Å². The first-order valence-corrected chi connectivity index (χ1v) is 11.9. The molecule has 1 atom stereocenters. The monoisotopic (exact) mass is 495 g/mol. The van der Waals surface area contributed by atoms with Crippen molar-refractivity contribution in [1.29, 1.82) is 0 Å². The Labute approximate surface area is 208 Å². The Morgan fingerprint density at radius 3 is 2.67 bits per heavy atom. The number of methoxy groups -OCH3 is 1. The lowest BCUT2D eigenvalue weighted by atomic mass is 10.1. The minimum absolute atomic E-state index is 0.0150. The number of carbonyl (C=O) groups excluding carboxylic acids is 3. The molecule has 36 heavy (non-hydrogen) atoms. The van der Waals surface area contributed by atoms with E-state index in [1.807, 2.05) is 18.4 Å². The molecule has 0 aliphatic carbocycles. The number of fused-ring (bicyclic) bond motifs is 1. The van der Waals surface area contributed by atoms with E-state index in [0.717, 1.165) is 5.56 Å². The summed E-state index contributed by atoms with van der Waals surface area (Å²) in [4.78, 5) is 44.1. The van der Waals surface area contributed by atoms with Crippen molar-refractivity contribution < 1.29 is 23.5 Å². The number of hydrogen-bond acceptors (Lipinski definition) is 5. The van der Waals surface area contributed by atoms with Gasteiger partial charge in [0.2, 0.25) is 11.8 Å². The maximum absolute atomic E-state index is 14.0. The molecule has 2 heterocycles. The molecule has 4 rings (SSSR count). The summed E-state index contributed by atoms with van der Waals surface area (Å²) in [6.07, 6.45) is 2.74. The minimum atomic E-state index is -0.352. The third-order valence-corrected chi connectivity index (χ3v) is 6.16. The van der Waals surface area contributed by atoms with Crippen molar-refractivity contribution in [2.75, 3.05) is 25.6 Å². The number of nitrogens with one attached hydrogen (secondary N) is 2. The molecule has 1 fully saturated rings. The molecular formula is C26H30FN5O4. The molecule has 1 aliphatic heterocycles. The lowest BCUT2D eigenvalue weighted by Gasteiger charge is -2.30. The molecule has 0 spiro atoms. The quantitative estimate of drug-likeness (QED) is 0.475. The molecule has 1 saturated heterocycles. The molecule has 1 unspecified atom stereocenters. The molecule has 1 aromatic heterocycles. The number of benzene rings is 2. The van der Waals surface area contributed by atoms with Gasteiger partial charge in [0, 0.05) is 44.4 Å². The van der Waals surface area contributed by atoms with Gasteiger partial charge in [-0.25, -0.2) is 9.37 Å². The Bertz CT molecular complexity index is 1270. The highest BCUT2D eigenvalue weighted by Gasteiger charge is 2.29. The van der Waals surface area contributed by atoms with E-state index in [1.54, 1.807) is 35.5 Å². The van der Waals surface area contributed by atoms with Gasteiger partial charge in [-0.15, -0.1) is 0 Å². The summed E-state index contributed by atoms with van der Waals surface area (Å²) < 4.78 is 20.2. The number of aromatic nitrogens is 2. The molecule has 10 heteroatoms. The van der Waals surface area contributed by atoms with Crippen molar-refractivity contribution in [2.45, 2.75) is 45.3 Å². The molecule has 2 N–H and O–H groups in total. The van der Waals surface area contributed by atoms with Crippen LogP contribution in [0.15, 0.2) is 42.7 Å². The smallest absolute Gasteiger partial charge is 0.256 e. The van der Waals surface area contributed by atoms with Gasteiger partial charge >= 0.3 is 0 Å². The summed E-state index contributed by atoms with van der Waals surface area (Å²) in [5.74, 6) is -0.929. The fourth-order valence-electron chi connectivity index (χ4n) is 4.41. The number of amides is 3. The van der Waals surface area contributed by atoms with Gasteiger partial charge in [0.25, 0.3) is 5.91 Å². The fourth-order valence-corrected chi connectivity index (χ4v) is 4.41. The molecule has 0 radical (unpaired) electrons. The first-order valence-electron chi connectivity index (χ1n) is 11.9. The minimum Gasteiger partial charge on any atom is -0.375 e. The van der Waals surface area contributed by atoms with E-state index < -0.39 is 0 Å². The SMILES string of the molecule is COCC(=O)Nc1cc(C(=O)N(CC2CCC(=O)N2)C(C)C)c2c(c1)ncn2Cc1ccc(F)cc1. The van der Waals surface area contributed by atoms with E-state index in [1.165, 1.54) is 19.2 Å². The van der Waals surface area contributed by atoms with Crippen LogP contribution in [0, 0.1) is 5.82 Å². The van der Waals surface area contributed by atoms with Gasteiger partial charge in [-0.2, -0.15) is 0 Å². The van der Waals surface area contributed by atoms with E-state index in [9.17, 15) is 18.8 Å². The van der Waals surface area contributed by atoms with Crippen LogP contribution in [-0.4, -0.2) is 64.5 Å². The first kappa shape index (κ1) is 25.3. The Hall–Kier alpha value is -3.79. The third kappa shape index (κ3) is 5.71. The van der Waals surface area contributed by atoms with Gasteiger partial charge in [0.1, 0.15) is 12.4 Å². The summed E-state index contributed by atoms with van der Waals surface area (Å²) in [6, 6.07) is 9.25. The second kappa shape index (κ2) is 10.9. The average Bonchev–Trinajstić information content (AvgIpc) is 3.43. The Kier molecular flexibility index (Phi) is 7.64. The van der Waals surface area contributed by atoms with Crippen molar-refractivity contribution in [2.24, 2.45) is 0 Å². The second-order valence-electron chi connectivity index (χ2n) is 9.23. The number of imidazole rings is 1. The molecular weight excluding hydrogens is 465 g/mol. The maximum atomic E-state index is 14.0. The number of rotatable bonds is 9. The first-order chi connectivity index (χ1) is 17.2. The number of ether oxygens (including phenoxy) is 1. The van der Waals surface area contributed by atoms with Crippen LogP contribution in [0.5, 0.6) is 0 Å². The largest absolute Gasteiger partial charge is 0.375 e. The maximum Gasteiger partial charge on any atom is 0.256 e. The lowest BCUT2D eigenvalue weighted by Crippen LogP contribution is -2.45. The van der Waals surface area contributed by atoms with Crippen molar-refractivity contribution in [3.05, 3.63) is 59.7 Å². The molecule has 2 aromatic carbocycles. The summed E-state index contributed by atoms with van der Waals surface area (Å²) >= 11 is 0. The van der Waals surface area contributed by atoms with Crippen LogP contribution >= 0.6 is 0 Å². The van der Waals surface area contributed by atoms with E-state index >= 15 is 0 Å². The Morgan fingerprint density at radius 2 is 2.03 bits per heavy atom. The van der Waals surface area contributed by atoms with E-state index in [-0.39, 0.29) is 42.2 Å². The van der Waals surface area contributed by atoms with Crippen LogP contribution in [0.2, 0.25) is 0 Å². The Balaban J connectivity index is 1.75. The van der Waals surface area contributed by atoms with Crippen molar-refractivity contribution in [3.63, 3.8) is 0 Å². The Morgan fingerprint density at radius 1 is 1.28 bits per heavy atom. The molecule has 0 bridgehead atoms. The summed E-state index contributed by atoms with van der Waals surface area (Å²) in [5, 5.41) is 5.69. The zero-order chi connectivity index (χ0) is 25.8. The van der Waals surface area contributed by atoms with Gasteiger partial charge < -0.3 is 24.8 Å². The molecule has 3 aromatic rings. The second-order valence-corrected chi connectivity index (χ2v) is 9.23. The van der Waals surface area contributed by atoms with Crippen LogP contribution in [0.3, 0.4) is 0 Å². The number of hydrogen-bond donors (Lipinski definition) is 2. The fraction of sp³-hybridized carbons (Fsp3) is 0.385. The molecule has 9 nitrogen and oxygen atoms in total. The highest BCUT2D eigenvalue weighted by molar-refractivity contribution is 6.07. The highest BCUT2D eigenvalue weighted by atomic mass is 19.1. The summed E-state index contributed by atoms with van der Waals surface area (Å²) in [7, 11) is 1.43. The average molecular weight is 496 g/mol. The third-order valence-electron chi connectivity index (χ3n) is 6.16. The normalized spacial score (nSPS) is 15.4. The van der Waals surface area contributed by atoms with Crippen LogP contribution in [-0.2, 0) is 20.9 Å². The molecule has 3 amide bonds. The molecule has 1 aliphatic rings. The van der Waals surface area contributed by atoms with E-state index in [0.29, 0.717) is 48.2 Å². The van der Waals surface area contributed by atoms with Gasteiger partial charge in [-0.3, -0.25) is 14.4 Å². The predicted octanol–water partition coefficient (Wildman–Crippen LogP) is 2.94. The van der Waals surface area contributed by atoms with Crippen molar-refractivity contribution in [1.82, 2.24) is 19.8 Å². The molecule has 0 saturated carbocycles. The van der Waals surface area contributed by atoms with Crippen molar-refractivity contribution in [3.8, 4) is 0 Å². The molecule has 190 valence electrons. The van der Waals surface area contributed by atoms with E-state index in [2.05, 4.69) is 15.6 Å². The predicted molar refractivity (Wildman–Crippen MR) is 133 cm³/mol. The number of halogens is 1. The summed E-state index contributed by atoms with van der Waals surface area (Å²) in [6.45, 7) is 4.47. The van der Waals surface area contributed by atoms with Crippen LogP contribution in [0.25, 0.3) is 11.0 Å². The summed E-state index contributed by atoms with van der Waals surface area (Å²) in [5.41, 5.74) is 2.79. The van der Waals surface area contributed by atoms with Crippen LogP contribution in [0.1, 0.15) is 42.6 Å². The van der Waals surface area contributed by atoms with Gasteiger partial charge in [-0.1, -0.05) is 12.1 Å². The van der Waals surface area contributed by atoms with Gasteiger partial charge in [-0.05, 0) is 50.1 Å². The zero-order valence-electron chi connectivity index (χ0n) is 20.6. The van der Waals surface area contributed by atoms with E-state index in [4.69, 9.17) is 4.74 Å². The zero-order valence-corrected chi connectivity index (χ0v) is 20.6. The van der Waals surface area contributed by atoms with Crippen LogP contribution in [0.4, 0.5) is 10.1 Å². The van der Waals surface area contributed by atoms with Crippen molar-refractivity contribution >= 4 is 34.4 Å². The number of carbonyl (C=O) groups is 3. The lowest BCUT2D eigenvalue weighted by molar-refractivity contribution is -0.120. The standard InChI is InChI=1S/C26H30FN5O4/c1-16(2)32(13-19-8-9-23(33)29-19)26(35)21-10-20(30-24(34)14-36-3)11-22-25(21)31(15-28-22)12-17-4-6-18(27)7-5-17/h4-7,10-11,15-16,19H,8-9,12-14H2,1-3H3,(H,29,33)(H,30,34). The highest BCUT2D eigenvalue weighted by Crippen LogP contribution is 2.27. The van der Waals surface area contributed by atoms with Gasteiger partial charge in [0.15, 0.2) is 0 Å².